The Balaban J connectivity index is 1.65. The summed E-state index contributed by atoms with van der Waals surface area (Å²) in [5.41, 5.74) is 2.03. The van der Waals surface area contributed by atoms with E-state index in [4.69, 9.17) is 14.5 Å². The lowest BCUT2D eigenvalue weighted by Crippen LogP contribution is -2.39. The van der Waals surface area contributed by atoms with Crippen molar-refractivity contribution in [3.8, 4) is 22.1 Å². The van der Waals surface area contributed by atoms with E-state index in [0.29, 0.717) is 0 Å². The minimum atomic E-state index is 0.144. The number of rotatable bonds is 6. The Bertz CT molecular complexity index is 754. The summed E-state index contributed by atoms with van der Waals surface area (Å²) in [5.74, 6) is 1.83. The first-order chi connectivity index (χ1) is 12.6. The van der Waals surface area contributed by atoms with Gasteiger partial charge in [0.1, 0.15) is 16.5 Å². The predicted octanol–water partition coefficient (Wildman–Crippen LogP) is 2.79. The average molecular weight is 375 g/mol. The van der Waals surface area contributed by atoms with Crippen molar-refractivity contribution in [1.82, 2.24) is 15.2 Å². The summed E-state index contributed by atoms with van der Waals surface area (Å²) in [6, 6.07) is 5.78. The number of amides is 1. The number of thiazole rings is 1. The standard InChI is InChI=1S/C19H25N3O3S/c1-20-18(23)13-6-8-22(9-7-13)11-14-12-26-19(21-14)16-5-4-15(24-2)10-17(16)25-3/h4-5,10,12-13H,6-9,11H2,1-3H3,(H,20,23). The van der Waals surface area contributed by atoms with Crippen molar-refractivity contribution in [3.05, 3.63) is 29.3 Å². The molecule has 1 saturated heterocycles. The number of carbonyl (C=O) groups excluding carboxylic acids is 1. The molecule has 1 aromatic carbocycles. The molecule has 1 aliphatic heterocycles. The molecule has 1 amide bonds. The van der Waals surface area contributed by atoms with Gasteiger partial charge in [-0.3, -0.25) is 9.69 Å². The van der Waals surface area contributed by atoms with Crippen molar-refractivity contribution in [2.75, 3.05) is 34.4 Å². The maximum atomic E-state index is 11.7. The highest BCUT2D eigenvalue weighted by molar-refractivity contribution is 7.13. The maximum Gasteiger partial charge on any atom is 0.222 e. The first kappa shape index (κ1) is 18.7. The Labute approximate surface area is 158 Å². The van der Waals surface area contributed by atoms with Crippen molar-refractivity contribution in [3.63, 3.8) is 0 Å². The third-order valence-electron chi connectivity index (χ3n) is 4.78. The summed E-state index contributed by atoms with van der Waals surface area (Å²) < 4.78 is 10.7. The van der Waals surface area contributed by atoms with Crippen LogP contribution in [-0.4, -0.2) is 50.1 Å². The van der Waals surface area contributed by atoms with Gasteiger partial charge in [-0.05, 0) is 38.1 Å². The van der Waals surface area contributed by atoms with Crippen LogP contribution >= 0.6 is 11.3 Å². The number of methoxy groups -OCH3 is 2. The second kappa shape index (κ2) is 8.51. The molecule has 1 fully saturated rings. The van der Waals surface area contributed by atoms with Crippen molar-refractivity contribution in [2.24, 2.45) is 5.92 Å². The Kier molecular flexibility index (Phi) is 6.11. The number of nitrogens with one attached hydrogen (secondary N) is 1. The smallest absolute Gasteiger partial charge is 0.222 e. The Morgan fingerprint density at radius 1 is 1.31 bits per heavy atom. The molecule has 1 aromatic heterocycles. The van der Waals surface area contributed by atoms with Crippen LogP contribution < -0.4 is 14.8 Å². The second-order valence-electron chi connectivity index (χ2n) is 6.37. The summed E-state index contributed by atoms with van der Waals surface area (Å²) in [5, 5.41) is 5.80. The molecule has 0 atom stereocenters. The van der Waals surface area contributed by atoms with E-state index in [1.165, 1.54) is 0 Å². The van der Waals surface area contributed by atoms with Gasteiger partial charge < -0.3 is 14.8 Å². The third-order valence-corrected chi connectivity index (χ3v) is 5.71. The SMILES string of the molecule is CNC(=O)C1CCN(Cc2csc(-c3ccc(OC)cc3OC)n2)CC1. The van der Waals surface area contributed by atoms with Crippen LogP contribution in [0.25, 0.3) is 10.6 Å². The van der Waals surface area contributed by atoms with Gasteiger partial charge in [-0.25, -0.2) is 4.98 Å². The first-order valence-corrected chi connectivity index (χ1v) is 9.63. The number of likely N-dealkylation sites (tertiary alicyclic amines) is 1. The molecule has 7 heteroatoms. The van der Waals surface area contributed by atoms with Gasteiger partial charge in [0.25, 0.3) is 0 Å². The summed E-state index contributed by atoms with van der Waals surface area (Å²) in [7, 11) is 5.01. The highest BCUT2D eigenvalue weighted by Crippen LogP contribution is 2.35. The molecule has 1 aliphatic rings. The Hall–Kier alpha value is -2.12. The zero-order chi connectivity index (χ0) is 18.5. The molecule has 140 valence electrons. The molecular weight excluding hydrogens is 350 g/mol. The second-order valence-corrected chi connectivity index (χ2v) is 7.23. The van der Waals surface area contributed by atoms with Crippen molar-refractivity contribution in [1.29, 1.82) is 0 Å². The van der Waals surface area contributed by atoms with Crippen LogP contribution in [0.4, 0.5) is 0 Å². The summed E-state index contributed by atoms with van der Waals surface area (Å²) in [6.07, 6.45) is 1.81. The monoisotopic (exact) mass is 375 g/mol. The van der Waals surface area contributed by atoms with E-state index < -0.39 is 0 Å². The van der Waals surface area contributed by atoms with Gasteiger partial charge in [0.2, 0.25) is 5.91 Å². The molecule has 3 rings (SSSR count). The third kappa shape index (κ3) is 4.16. The quantitative estimate of drug-likeness (QED) is 0.841. The van der Waals surface area contributed by atoms with E-state index in [9.17, 15) is 4.79 Å². The number of piperidine rings is 1. The van der Waals surface area contributed by atoms with E-state index >= 15 is 0 Å². The van der Waals surface area contributed by atoms with Gasteiger partial charge in [-0.1, -0.05) is 0 Å². The molecule has 2 heterocycles. The summed E-state index contributed by atoms with van der Waals surface area (Å²) >= 11 is 1.62. The van der Waals surface area contributed by atoms with Gasteiger partial charge in [-0.15, -0.1) is 11.3 Å². The number of aromatic nitrogens is 1. The predicted molar refractivity (Wildman–Crippen MR) is 103 cm³/mol. The molecule has 1 N–H and O–H groups in total. The van der Waals surface area contributed by atoms with E-state index in [2.05, 4.69) is 15.6 Å². The minimum Gasteiger partial charge on any atom is -0.497 e. The van der Waals surface area contributed by atoms with Gasteiger partial charge in [0, 0.05) is 31.0 Å². The number of hydrogen-bond donors (Lipinski definition) is 1. The maximum absolute atomic E-state index is 11.7. The van der Waals surface area contributed by atoms with Crippen LogP contribution in [0.15, 0.2) is 23.6 Å². The number of benzene rings is 1. The highest BCUT2D eigenvalue weighted by Gasteiger charge is 2.24. The molecule has 0 bridgehead atoms. The van der Waals surface area contributed by atoms with E-state index in [0.717, 1.165) is 60.2 Å². The number of hydrogen-bond acceptors (Lipinski definition) is 6. The van der Waals surface area contributed by atoms with Crippen molar-refractivity contribution < 1.29 is 14.3 Å². The van der Waals surface area contributed by atoms with E-state index in [1.54, 1.807) is 32.6 Å². The van der Waals surface area contributed by atoms with Crippen LogP contribution in [0.1, 0.15) is 18.5 Å². The minimum absolute atomic E-state index is 0.144. The molecule has 0 aliphatic carbocycles. The topological polar surface area (TPSA) is 63.7 Å². The van der Waals surface area contributed by atoms with Crippen LogP contribution in [0.3, 0.4) is 0 Å². The van der Waals surface area contributed by atoms with E-state index in [-0.39, 0.29) is 11.8 Å². The molecule has 26 heavy (non-hydrogen) atoms. The molecule has 6 nitrogen and oxygen atoms in total. The molecule has 0 radical (unpaired) electrons. The fourth-order valence-electron chi connectivity index (χ4n) is 3.26. The number of nitrogens with zero attached hydrogens (tertiary/aromatic N) is 2. The summed E-state index contributed by atoms with van der Waals surface area (Å²) in [4.78, 5) is 18.9. The number of carbonyl (C=O) groups is 1. The fraction of sp³-hybridized carbons (Fsp3) is 0.474. The number of ether oxygens (including phenoxy) is 2. The van der Waals surface area contributed by atoms with Gasteiger partial charge >= 0.3 is 0 Å². The lowest BCUT2D eigenvalue weighted by Gasteiger charge is -2.30. The van der Waals surface area contributed by atoms with Crippen LogP contribution in [0.2, 0.25) is 0 Å². The molecule has 0 saturated carbocycles. The molecule has 0 spiro atoms. The van der Waals surface area contributed by atoms with Gasteiger partial charge in [0.15, 0.2) is 0 Å². The zero-order valence-electron chi connectivity index (χ0n) is 15.4. The van der Waals surface area contributed by atoms with Crippen LogP contribution in [0.5, 0.6) is 11.5 Å². The average Bonchev–Trinajstić information content (AvgIpc) is 3.15. The molecule has 0 unspecified atom stereocenters. The fourth-order valence-corrected chi connectivity index (χ4v) is 4.11. The molecular formula is C19H25N3O3S. The summed E-state index contributed by atoms with van der Waals surface area (Å²) in [6.45, 7) is 2.67. The largest absolute Gasteiger partial charge is 0.497 e. The van der Waals surface area contributed by atoms with Gasteiger partial charge in [0.05, 0.1) is 25.5 Å². The van der Waals surface area contributed by atoms with E-state index in [1.807, 2.05) is 18.2 Å². The Morgan fingerprint density at radius 3 is 2.73 bits per heavy atom. The zero-order valence-corrected chi connectivity index (χ0v) is 16.3. The van der Waals surface area contributed by atoms with Crippen molar-refractivity contribution in [2.45, 2.75) is 19.4 Å². The van der Waals surface area contributed by atoms with Crippen molar-refractivity contribution >= 4 is 17.2 Å². The van der Waals surface area contributed by atoms with Crippen LogP contribution in [0, 0.1) is 5.92 Å². The first-order valence-electron chi connectivity index (χ1n) is 8.75. The lowest BCUT2D eigenvalue weighted by atomic mass is 9.96. The Morgan fingerprint density at radius 2 is 2.08 bits per heavy atom. The van der Waals surface area contributed by atoms with Crippen LogP contribution in [-0.2, 0) is 11.3 Å². The lowest BCUT2D eigenvalue weighted by molar-refractivity contribution is -0.125. The highest BCUT2D eigenvalue weighted by atomic mass is 32.1. The van der Waals surface area contributed by atoms with Gasteiger partial charge in [-0.2, -0.15) is 0 Å². The normalized spacial score (nSPS) is 15.7. The molecule has 2 aromatic rings.